The molecule has 0 saturated heterocycles. The summed E-state index contributed by atoms with van der Waals surface area (Å²) in [6.45, 7) is 4.43. The van der Waals surface area contributed by atoms with Crippen LogP contribution < -0.4 is 0 Å². The fourth-order valence-electron chi connectivity index (χ4n) is 2.62. The second-order valence-corrected chi connectivity index (χ2v) is 7.03. The minimum absolute atomic E-state index is 0. The van der Waals surface area contributed by atoms with Crippen molar-refractivity contribution in [2.45, 2.75) is 65.2 Å². The Bertz CT molecular complexity index is 638. The van der Waals surface area contributed by atoms with Crippen molar-refractivity contribution in [3.8, 4) is 0 Å². The van der Waals surface area contributed by atoms with Gasteiger partial charge in [0.05, 0.1) is 0 Å². The van der Waals surface area contributed by atoms with Crippen LogP contribution in [0.25, 0.3) is 0 Å². The number of allylic oxidation sites excluding steroid dienone is 8. The second kappa shape index (κ2) is 22.8. The van der Waals surface area contributed by atoms with E-state index < -0.39 is 0 Å². The predicted octanol–water partition coefficient (Wildman–Crippen LogP) is 8.27. The summed E-state index contributed by atoms with van der Waals surface area (Å²) >= 11 is 0. The minimum Gasteiger partial charge on any atom is -0.273 e. The van der Waals surface area contributed by atoms with Crippen molar-refractivity contribution in [1.82, 2.24) is 0 Å². The van der Waals surface area contributed by atoms with E-state index in [1.807, 2.05) is 48.6 Å². The Morgan fingerprint density at radius 3 is 1.26 bits per heavy atom. The molecule has 1 heteroatoms. The number of aryl methyl sites for hydroxylation is 2. The van der Waals surface area contributed by atoms with Gasteiger partial charge in [-0.3, -0.25) is 12.2 Å². The molecule has 0 radical (unpaired) electrons. The number of unbranched alkanes of at least 4 members (excludes halogenated alkanes) is 2. The van der Waals surface area contributed by atoms with Gasteiger partial charge in [-0.2, -0.15) is 83.9 Å². The minimum atomic E-state index is 0. The molecule has 4 rings (SSSR count). The standard InChI is InChI=1S/2C10H13.2C5H5.Ti/c2*1-2-3-7-10-8-5-4-6-9-10;2*1-2-4-5-3-1;/h2*5-6,8-9H,2-3,7H2,1H3;2*1-3H,4H2;/q4*-1;+4. The molecule has 2 aliphatic rings. The molecule has 2 aliphatic carbocycles. The van der Waals surface area contributed by atoms with Gasteiger partial charge in [-0.05, 0) is 0 Å². The first kappa shape index (κ1) is 29.1. The Labute approximate surface area is 206 Å². The van der Waals surface area contributed by atoms with Gasteiger partial charge in [-0.1, -0.05) is 52.4 Å². The van der Waals surface area contributed by atoms with Gasteiger partial charge >= 0.3 is 21.7 Å². The largest absolute Gasteiger partial charge is 4.00 e. The van der Waals surface area contributed by atoms with Gasteiger partial charge in [0.2, 0.25) is 0 Å². The summed E-state index contributed by atoms with van der Waals surface area (Å²) < 4.78 is 0. The van der Waals surface area contributed by atoms with E-state index in [2.05, 4.69) is 74.5 Å². The van der Waals surface area contributed by atoms with E-state index in [0.29, 0.717) is 0 Å². The van der Waals surface area contributed by atoms with E-state index in [1.165, 1.54) is 49.7 Å². The zero-order chi connectivity index (χ0) is 21.5. The number of benzene rings is 2. The smallest absolute Gasteiger partial charge is 0.273 e. The molecule has 2 aromatic rings. The summed E-state index contributed by atoms with van der Waals surface area (Å²) in [6, 6.07) is 22.5. The molecular formula is C30H36Ti. The molecule has 0 spiro atoms. The SMILES string of the molecule is CCCCc1cc[c-]cc1.CCCCc1cc[c-]cc1.[C-]1=CC=CC1.[C-]1=CC=CC1.[Ti+4]. The molecule has 0 unspecified atom stereocenters. The van der Waals surface area contributed by atoms with Crippen LogP contribution >= 0.6 is 0 Å². The van der Waals surface area contributed by atoms with Crippen LogP contribution in [0.5, 0.6) is 0 Å². The van der Waals surface area contributed by atoms with Gasteiger partial charge < -0.3 is 0 Å². The summed E-state index contributed by atoms with van der Waals surface area (Å²) in [5.74, 6) is 0. The summed E-state index contributed by atoms with van der Waals surface area (Å²) in [5.41, 5.74) is 2.86. The quantitative estimate of drug-likeness (QED) is 0.311. The van der Waals surface area contributed by atoms with Gasteiger partial charge in [-0.15, -0.1) is 12.8 Å². The monoisotopic (exact) mass is 444 g/mol. The maximum absolute atomic E-state index is 3.01. The summed E-state index contributed by atoms with van der Waals surface area (Å²) in [7, 11) is 0. The molecule has 160 valence electrons. The van der Waals surface area contributed by atoms with Crippen LogP contribution in [0.4, 0.5) is 0 Å². The third kappa shape index (κ3) is 18.6. The molecule has 0 atom stereocenters. The molecule has 0 amide bonds. The van der Waals surface area contributed by atoms with Crippen molar-refractivity contribution in [2.24, 2.45) is 0 Å². The molecule has 0 saturated carbocycles. The summed E-state index contributed by atoms with van der Waals surface area (Å²) in [5, 5.41) is 0. The fourth-order valence-corrected chi connectivity index (χ4v) is 2.62. The van der Waals surface area contributed by atoms with Crippen LogP contribution in [0, 0.1) is 24.3 Å². The van der Waals surface area contributed by atoms with Crippen LogP contribution in [0.2, 0.25) is 0 Å². The van der Waals surface area contributed by atoms with Crippen molar-refractivity contribution in [3.63, 3.8) is 0 Å². The Hall–Kier alpha value is -1.89. The Kier molecular flexibility index (Phi) is 21.4. The maximum Gasteiger partial charge on any atom is 4.00 e. The van der Waals surface area contributed by atoms with Crippen LogP contribution in [-0.2, 0) is 34.6 Å². The average Bonchev–Trinajstić information content (AvgIpc) is 3.57. The topological polar surface area (TPSA) is 0 Å². The number of hydrogen-bond acceptors (Lipinski definition) is 0. The predicted molar refractivity (Wildman–Crippen MR) is 131 cm³/mol. The first-order valence-electron chi connectivity index (χ1n) is 11.2. The van der Waals surface area contributed by atoms with E-state index in [4.69, 9.17) is 0 Å². The van der Waals surface area contributed by atoms with Crippen molar-refractivity contribution < 1.29 is 21.7 Å². The third-order valence-corrected chi connectivity index (χ3v) is 4.38. The van der Waals surface area contributed by atoms with Gasteiger partial charge in [0.1, 0.15) is 0 Å². The Balaban J connectivity index is 0.000000401. The normalized spacial score (nSPS) is 11.9. The van der Waals surface area contributed by atoms with E-state index in [1.54, 1.807) is 0 Å². The molecular weight excluding hydrogens is 408 g/mol. The van der Waals surface area contributed by atoms with E-state index >= 15 is 0 Å². The Morgan fingerprint density at radius 1 is 0.645 bits per heavy atom. The van der Waals surface area contributed by atoms with Crippen LogP contribution in [0.1, 0.15) is 63.5 Å². The fraction of sp³-hybridized carbons (Fsp3) is 0.333. The van der Waals surface area contributed by atoms with Crippen molar-refractivity contribution in [3.05, 3.63) is 120 Å². The van der Waals surface area contributed by atoms with E-state index in [9.17, 15) is 0 Å². The van der Waals surface area contributed by atoms with Crippen molar-refractivity contribution in [1.29, 1.82) is 0 Å². The molecule has 0 N–H and O–H groups in total. The molecule has 0 aliphatic heterocycles. The molecule has 31 heavy (non-hydrogen) atoms. The van der Waals surface area contributed by atoms with Crippen LogP contribution in [0.3, 0.4) is 0 Å². The first-order chi connectivity index (χ1) is 14.9. The second-order valence-electron chi connectivity index (χ2n) is 7.03. The zero-order valence-electron chi connectivity index (χ0n) is 19.2. The molecule has 2 aromatic carbocycles. The molecule has 0 aromatic heterocycles. The maximum atomic E-state index is 3.01. The van der Waals surface area contributed by atoms with Gasteiger partial charge in [0.15, 0.2) is 0 Å². The molecule has 0 bridgehead atoms. The van der Waals surface area contributed by atoms with Gasteiger partial charge in [0, 0.05) is 0 Å². The van der Waals surface area contributed by atoms with Crippen molar-refractivity contribution >= 4 is 0 Å². The molecule has 0 fully saturated rings. The Morgan fingerprint density at radius 2 is 1.03 bits per heavy atom. The third-order valence-electron chi connectivity index (χ3n) is 4.38. The van der Waals surface area contributed by atoms with Gasteiger partial charge in [-0.25, -0.2) is 24.3 Å². The summed E-state index contributed by atoms with van der Waals surface area (Å²) in [6.07, 6.45) is 27.6. The van der Waals surface area contributed by atoms with Crippen molar-refractivity contribution in [2.75, 3.05) is 0 Å². The number of rotatable bonds is 6. The average molecular weight is 444 g/mol. The van der Waals surface area contributed by atoms with Crippen LogP contribution in [-0.4, -0.2) is 0 Å². The number of hydrogen-bond donors (Lipinski definition) is 0. The zero-order valence-corrected chi connectivity index (χ0v) is 20.8. The molecule has 0 heterocycles. The molecule has 0 nitrogen and oxygen atoms in total. The first-order valence-corrected chi connectivity index (χ1v) is 11.2. The summed E-state index contributed by atoms with van der Waals surface area (Å²) in [4.78, 5) is 0. The van der Waals surface area contributed by atoms with Crippen LogP contribution in [0.15, 0.2) is 85.0 Å². The van der Waals surface area contributed by atoms with Gasteiger partial charge in [0.25, 0.3) is 0 Å². The van der Waals surface area contributed by atoms with E-state index in [0.717, 1.165) is 12.8 Å². The van der Waals surface area contributed by atoms with E-state index in [-0.39, 0.29) is 21.7 Å².